The van der Waals surface area contributed by atoms with Crippen LogP contribution in [-0.4, -0.2) is 101 Å². The van der Waals surface area contributed by atoms with E-state index in [-0.39, 0.29) is 36.2 Å². The number of nitrogens with zero attached hydrogens (tertiary/aromatic N) is 6. The Morgan fingerprint density at radius 3 is 2.53 bits per heavy atom. The number of thiol groups is 1. The average molecular weight is 910 g/mol. The summed E-state index contributed by atoms with van der Waals surface area (Å²) >= 11 is 5.54. The number of amides is 2. The maximum atomic E-state index is 14.1. The number of esters is 1. The fourth-order valence-corrected chi connectivity index (χ4v) is 11.7. The van der Waals surface area contributed by atoms with E-state index >= 15 is 0 Å². The van der Waals surface area contributed by atoms with Gasteiger partial charge in [-0.25, -0.2) is 5.43 Å². The number of nitrogens with two attached hydrogens (primary N) is 1. The molecule has 0 bridgehead atoms. The number of hydrogen-bond acceptors (Lipinski definition) is 13. The van der Waals surface area contributed by atoms with Gasteiger partial charge in [0.1, 0.15) is 17.4 Å². The Hall–Kier alpha value is -4.27. The molecule has 2 saturated heterocycles. The van der Waals surface area contributed by atoms with E-state index in [4.69, 9.17) is 20.2 Å². The third kappa shape index (κ3) is 8.75. The molecule has 3 aromatic rings. The van der Waals surface area contributed by atoms with E-state index in [0.29, 0.717) is 43.8 Å². The molecular weight excluding hydrogens is 847 g/mol. The number of hydrazine groups is 1. The fraction of sp³-hybridized carbons (Fsp3) is 0.604. The number of nitriles is 1. The molecule has 9 rings (SSSR count). The second-order valence-corrected chi connectivity index (χ2v) is 20.7. The molecule has 4 N–H and O–H groups in total. The van der Waals surface area contributed by atoms with Gasteiger partial charge in [-0.05, 0) is 104 Å². The maximum Gasteiger partial charge on any atom is 0.324 e. The van der Waals surface area contributed by atoms with Gasteiger partial charge < -0.3 is 24.7 Å². The number of piperazine rings is 1. The summed E-state index contributed by atoms with van der Waals surface area (Å²) in [6.45, 7) is 11.7. The highest BCUT2D eigenvalue weighted by atomic mass is 32.2. The molecule has 14 nitrogen and oxygen atoms in total. The molecule has 4 aliphatic carbocycles. The van der Waals surface area contributed by atoms with Crippen LogP contribution in [0.1, 0.15) is 107 Å². The van der Waals surface area contributed by atoms with E-state index in [2.05, 4.69) is 82.2 Å². The minimum atomic E-state index is -0.714. The van der Waals surface area contributed by atoms with E-state index in [1.807, 2.05) is 12.3 Å². The lowest BCUT2D eigenvalue weighted by Gasteiger charge is -2.43. The predicted molar refractivity (Wildman–Crippen MR) is 253 cm³/mol. The molecular formula is C48H63N9O5S2. The van der Waals surface area contributed by atoms with Crippen LogP contribution in [-0.2, 0) is 30.4 Å². The zero-order chi connectivity index (χ0) is 44.9. The highest BCUT2D eigenvalue weighted by Gasteiger charge is 2.48. The molecule has 2 aliphatic heterocycles. The Kier molecular flexibility index (Phi) is 13.0. The highest BCUT2D eigenvalue weighted by Crippen LogP contribution is 2.57. The second kappa shape index (κ2) is 18.5. The summed E-state index contributed by atoms with van der Waals surface area (Å²) in [4.78, 5) is 51.4. The van der Waals surface area contributed by atoms with Crippen molar-refractivity contribution in [2.24, 2.45) is 28.9 Å². The number of aryl methyl sites for hydroxylation is 1. The van der Waals surface area contributed by atoms with E-state index in [1.54, 1.807) is 17.5 Å². The Bertz CT molecular complexity index is 2350. The molecule has 16 heteroatoms. The van der Waals surface area contributed by atoms with E-state index in [1.165, 1.54) is 12.8 Å². The summed E-state index contributed by atoms with van der Waals surface area (Å²) in [5.74, 6) is -1.21. The maximum absolute atomic E-state index is 14.1. The largest absolute Gasteiger partial charge is 0.464 e. The minimum absolute atomic E-state index is 0.0921. The molecule has 0 radical (unpaired) electrons. The quantitative estimate of drug-likeness (QED) is 0.0741. The van der Waals surface area contributed by atoms with Crippen LogP contribution in [0.4, 0.5) is 5.69 Å². The Balaban J connectivity index is 0.962. The molecule has 6 aliphatic rings. The first-order valence-corrected chi connectivity index (χ1v) is 24.7. The first kappa shape index (κ1) is 44.9. The average Bonchev–Trinajstić information content (AvgIpc) is 4.26. The number of hydrogen-bond donors (Lipinski definition) is 4. The van der Waals surface area contributed by atoms with E-state index < -0.39 is 28.8 Å². The van der Waals surface area contributed by atoms with E-state index in [9.17, 15) is 19.6 Å². The van der Waals surface area contributed by atoms with Crippen LogP contribution in [0.2, 0.25) is 0 Å². The van der Waals surface area contributed by atoms with Crippen molar-refractivity contribution in [1.29, 1.82) is 5.26 Å². The van der Waals surface area contributed by atoms with Crippen molar-refractivity contribution in [2.45, 2.75) is 114 Å². The summed E-state index contributed by atoms with van der Waals surface area (Å²) in [5.41, 5.74) is 16.8. The normalized spacial score (nSPS) is 25.5. The standard InChI is InChI=1S/C48H63N9O5S2/c1-5-56-38-15-11-29(36(50)26-63)22-34(38)40-41(44(61-4)42-35(43(40)56)23-32(25-51-42)55-19-17-54(18-20-55)31-12-13-31)48(2,3)27-62-47(60)37-7-6-16-57(52-37)46(59)39(21-28-8-9-28)64-53-45(58)33-14-10-30(33)24-49/h11,15,22-23,25-26,28,30-31,33,37,39,41,44,52,63H,5-10,12-14,16-21,27,50H2,1-4H3,(H,53,58)/b36-26-/t30-,33+,37+,39+,41?,44+/m1/s1. The number of pyridine rings is 1. The molecule has 2 amide bonds. The van der Waals surface area contributed by atoms with Crippen LogP contribution in [0.5, 0.6) is 0 Å². The van der Waals surface area contributed by atoms with Gasteiger partial charge in [0.15, 0.2) is 0 Å². The van der Waals surface area contributed by atoms with Gasteiger partial charge in [0.2, 0.25) is 5.91 Å². The SMILES string of the molecule is CCn1c2c(c3cc(/C(N)=C/S)ccc31)C(C(C)(C)COC(=O)[C@@H]1CCCN(C(=O)[C@H](CC3CC3)SNC(=O)[C@H]3CC[C@@H]3C#N)N1)[C@H](OC)c1ncc(N3CCN(C4CC4)CC3)cc1-2. The second-order valence-electron chi connectivity index (χ2n) is 19.4. The van der Waals surface area contributed by atoms with Crippen LogP contribution < -0.4 is 20.8 Å². The molecule has 2 aromatic heterocycles. The zero-order valence-corrected chi connectivity index (χ0v) is 39.3. The Morgan fingerprint density at radius 1 is 1.09 bits per heavy atom. The van der Waals surface area contributed by atoms with Gasteiger partial charge in [0.05, 0.1) is 47.8 Å². The molecule has 4 heterocycles. The lowest BCUT2D eigenvalue weighted by Crippen LogP contribution is -2.57. The highest BCUT2D eigenvalue weighted by molar-refractivity contribution is 7.99. The molecule has 1 aromatic carbocycles. The monoisotopic (exact) mass is 909 g/mol. The van der Waals surface area contributed by atoms with Crippen molar-refractivity contribution in [3.05, 3.63) is 52.7 Å². The Morgan fingerprint density at radius 2 is 1.88 bits per heavy atom. The molecule has 342 valence electrons. The number of carbonyl (C=O) groups excluding carboxylic acids is 3. The number of carbonyl (C=O) groups is 3. The first-order chi connectivity index (χ1) is 30.9. The molecule has 5 fully saturated rings. The van der Waals surface area contributed by atoms with Crippen molar-refractivity contribution in [2.75, 3.05) is 51.3 Å². The number of aromatic nitrogens is 2. The third-order valence-electron chi connectivity index (χ3n) is 14.7. The number of fused-ring (bicyclic) bond motifs is 5. The summed E-state index contributed by atoms with van der Waals surface area (Å²) in [7, 11) is 1.74. The van der Waals surface area contributed by atoms with Crippen LogP contribution >= 0.6 is 24.6 Å². The summed E-state index contributed by atoms with van der Waals surface area (Å²) < 4.78 is 18.1. The summed E-state index contributed by atoms with van der Waals surface area (Å²) in [5, 5.41) is 13.1. The minimum Gasteiger partial charge on any atom is -0.464 e. The Labute approximate surface area is 386 Å². The smallest absolute Gasteiger partial charge is 0.324 e. The van der Waals surface area contributed by atoms with Crippen LogP contribution in [0.15, 0.2) is 35.9 Å². The number of ether oxygens (including phenoxy) is 2. The van der Waals surface area contributed by atoms with Gasteiger partial charge >= 0.3 is 5.97 Å². The number of rotatable bonds is 15. The van der Waals surface area contributed by atoms with Crippen molar-refractivity contribution >= 4 is 64.6 Å². The third-order valence-corrected chi connectivity index (χ3v) is 16.0. The first-order valence-electron chi connectivity index (χ1n) is 23.3. The van der Waals surface area contributed by atoms with Gasteiger partial charge in [-0.15, -0.1) is 12.6 Å². The van der Waals surface area contributed by atoms with Crippen LogP contribution in [0, 0.1) is 34.5 Å². The van der Waals surface area contributed by atoms with E-state index in [0.717, 1.165) is 115 Å². The lowest BCUT2D eigenvalue weighted by atomic mass is 9.67. The topological polar surface area (TPSA) is 171 Å². The fourth-order valence-electron chi connectivity index (χ4n) is 10.5. The number of methoxy groups -OCH3 is 1. The van der Waals surface area contributed by atoms with Gasteiger partial charge in [0.25, 0.3) is 5.91 Å². The number of benzene rings is 1. The molecule has 64 heavy (non-hydrogen) atoms. The van der Waals surface area contributed by atoms with Crippen molar-refractivity contribution < 1.29 is 23.9 Å². The van der Waals surface area contributed by atoms with Crippen LogP contribution in [0.25, 0.3) is 27.9 Å². The molecule has 1 unspecified atom stereocenters. The molecule has 0 spiro atoms. The van der Waals surface area contributed by atoms with Gasteiger partial charge in [0, 0.05) is 85.9 Å². The van der Waals surface area contributed by atoms with Crippen LogP contribution in [0.3, 0.4) is 0 Å². The van der Waals surface area contributed by atoms with Gasteiger partial charge in [-0.1, -0.05) is 32.8 Å². The van der Waals surface area contributed by atoms with Crippen molar-refractivity contribution in [3.63, 3.8) is 0 Å². The van der Waals surface area contributed by atoms with Crippen molar-refractivity contribution in [1.82, 2.24) is 29.6 Å². The zero-order valence-electron chi connectivity index (χ0n) is 37.6. The summed E-state index contributed by atoms with van der Waals surface area (Å²) in [6.07, 6.45) is 9.49. The summed E-state index contributed by atoms with van der Waals surface area (Å²) in [6, 6.07) is 10.9. The molecule has 6 atom stereocenters. The number of nitrogens with one attached hydrogen (secondary N) is 2. The predicted octanol–water partition coefficient (Wildman–Crippen LogP) is 6.53. The van der Waals surface area contributed by atoms with Gasteiger partial charge in [-0.3, -0.25) is 34.0 Å². The van der Waals surface area contributed by atoms with Gasteiger partial charge in [-0.2, -0.15) is 5.26 Å². The lowest BCUT2D eigenvalue weighted by molar-refractivity contribution is -0.155. The van der Waals surface area contributed by atoms with Crippen molar-refractivity contribution in [3.8, 4) is 17.3 Å². The number of anilines is 1. The molecule has 3 saturated carbocycles.